The Morgan fingerprint density at radius 1 is 1.27 bits per heavy atom. The van der Waals surface area contributed by atoms with Gasteiger partial charge in [0.1, 0.15) is 6.10 Å². The molecule has 2 N–H and O–H groups in total. The monoisotopic (exact) mass is 416 g/mol. The summed E-state index contributed by atoms with van der Waals surface area (Å²) < 4.78 is 5.80. The van der Waals surface area contributed by atoms with Crippen LogP contribution in [-0.2, 0) is 14.3 Å². The summed E-state index contributed by atoms with van der Waals surface area (Å²) in [5.74, 6) is -0.396. The third-order valence-corrected chi connectivity index (χ3v) is 8.84. The third kappa shape index (κ3) is 3.12. The second kappa shape index (κ2) is 7.03. The molecule has 0 bridgehead atoms. The van der Waals surface area contributed by atoms with Crippen LogP contribution in [0.2, 0.25) is 0 Å². The van der Waals surface area contributed by atoms with E-state index in [1.807, 2.05) is 19.9 Å². The zero-order valence-electron chi connectivity index (χ0n) is 18.9. The molecule has 4 rings (SSSR count). The Bertz CT molecular complexity index is 823. The minimum atomic E-state index is -0.903. The van der Waals surface area contributed by atoms with Gasteiger partial charge in [-0.1, -0.05) is 25.0 Å². The maximum Gasteiger partial charge on any atom is 0.312 e. The number of ether oxygens (including phenoxy) is 1. The number of esters is 1. The minimum absolute atomic E-state index is 0.00835. The second-order valence-corrected chi connectivity index (χ2v) is 11.1. The van der Waals surface area contributed by atoms with E-state index in [-0.39, 0.29) is 35.1 Å². The fraction of sp³-hybridized carbons (Fsp3) is 0.760. The van der Waals surface area contributed by atoms with Gasteiger partial charge < -0.3 is 14.9 Å². The fourth-order valence-electron chi connectivity index (χ4n) is 7.53. The highest BCUT2D eigenvalue weighted by Gasteiger charge is 2.69. The number of allylic oxidation sites excluding steroid dienone is 2. The Morgan fingerprint density at radius 3 is 2.60 bits per heavy atom. The molecule has 0 radical (unpaired) electrons. The van der Waals surface area contributed by atoms with E-state index < -0.39 is 23.0 Å². The zero-order chi connectivity index (χ0) is 22.1. The molecule has 3 aliphatic carbocycles. The van der Waals surface area contributed by atoms with Crippen LogP contribution in [0.5, 0.6) is 0 Å². The average molecular weight is 417 g/mol. The summed E-state index contributed by atoms with van der Waals surface area (Å²) in [6.45, 7) is 9.95. The van der Waals surface area contributed by atoms with Crippen molar-refractivity contribution in [3.63, 3.8) is 0 Å². The molecule has 5 nitrogen and oxygen atoms in total. The number of rotatable bonds is 4. The number of carbonyl (C=O) groups excluding carboxylic acids is 2. The summed E-state index contributed by atoms with van der Waals surface area (Å²) in [5.41, 5.74) is 0.181. The van der Waals surface area contributed by atoms with E-state index in [9.17, 15) is 19.8 Å². The number of aliphatic hydroxyl groups excluding tert-OH is 1. The van der Waals surface area contributed by atoms with Crippen molar-refractivity contribution in [2.24, 2.45) is 28.6 Å². The molecule has 0 spiro atoms. The highest BCUT2D eigenvalue weighted by Crippen LogP contribution is 2.66. The van der Waals surface area contributed by atoms with Crippen LogP contribution in [0.15, 0.2) is 23.3 Å². The molecule has 1 aliphatic heterocycles. The first kappa shape index (κ1) is 21.8. The summed E-state index contributed by atoms with van der Waals surface area (Å²) in [5, 5.41) is 21.6. The van der Waals surface area contributed by atoms with E-state index in [0.717, 1.165) is 37.7 Å². The molecular formula is C25H36O5. The number of Topliss-reactive ketones (excluding diaryl/α,β-unsaturated/α-hetero) is 1. The van der Waals surface area contributed by atoms with Crippen LogP contribution in [0, 0.1) is 28.6 Å². The van der Waals surface area contributed by atoms with Crippen LogP contribution in [0.1, 0.15) is 73.1 Å². The minimum Gasteiger partial charge on any atom is -0.461 e. The van der Waals surface area contributed by atoms with Crippen molar-refractivity contribution in [2.75, 3.05) is 0 Å². The molecule has 0 amide bonds. The average Bonchev–Trinajstić information content (AvgIpc) is 3.01. The number of hydrogen-bond acceptors (Lipinski definition) is 5. The van der Waals surface area contributed by atoms with E-state index in [2.05, 4.69) is 13.8 Å². The SMILES string of the molecule is CC1=C[C@@H](O)[C@H](/C=C(\C)CC[C@@H]2[C@@]3(C)CCC[C@@]4(C)C(=O)O[C@@H](C[C@@]2(C)O)[C@@H]34)C1=O. The maximum atomic E-state index is 12.7. The van der Waals surface area contributed by atoms with Gasteiger partial charge in [-0.15, -0.1) is 0 Å². The second-order valence-electron chi connectivity index (χ2n) is 11.1. The van der Waals surface area contributed by atoms with Gasteiger partial charge in [-0.05, 0) is 76.4 Å². The van der Waals surface area contributed by atoms with Crippen molar-refractivity contribution in [3.05, 3.63) is 23.3 Å². The van der Waals surface area contributed by atoms with Gasteiger partial charge in [0.2, 0.25) is 0 Å². The molecule has 166 valence electrons. The van der Waals surface area contributed by atoms with Gasteiger partial charge in [0.15, 0.2) is 5.78 Å². The van der Waals surface area contributed by atoms with Crippen LogP contribution in [-0.4, -0.2) is 39.8 Å². The van der Waals surface area contributed by atoms with E-state index in [1.54, 1.807) is 13.0 Å². The Hall–Kier alpha value is -1.46. The van der Waals surface area contributed by atoms with Crippen molar-refractivity contribution in [2.45, 2.75) is 91.0 Å². The molecule has 2 saturated carbocycles. The molecule has 5 heteroatoms. The number of aliphatic hydroxyl groups is 2. The van der Waals surface area contributed by atoms with Crippen LogP contribution in [0.3, 0.4) is 0 Å². The standard InChI is InChI=1S/C25H36O5/c1-14(11-16-17(26)12-15(2)20(16)27)7-8-19-23(3)9-6-10-24(4)21(23)18(30-22(24)28)13-25(19,5)29/h11-12,16-19,21,26,29H,6-10,13H2,1-5H3/b14-11+/t16-,17+,18-,19+,21-,23+,24+,25+/m0/s1. The number of ketones is 1. The Morgan fingerprint density at radius 2 is 1.97 bits per heavy atom. The molecule has 0 unspecified atom stereocenters. The van der Waals surface area contributed by atoms with Crippen molar-refractivity contribution in [1.82, 2.24) is 0 Å². The molecule has 0 aromatic heterocycles. The lowest BCUT2D eigenvalue weighted by Crippen LogP contribution is -2.61. The molecule has 0 aromatic carbocycles. The Kier molecular flexibility index (Phi) is 5.10. The summed E-state index contributed by atoms with van der Waals surface area (Å²) in [7, 11) is 0. The lowest BCUT2D eigenvalue weighted by Gasteiger charge is -2.59. The van der Waals surface area contributed by atoms with Crippen LogP contribution < -0.4 is 0 Å². The predicted octanol–water partition coefficient (Wildman–Crippen LogP) is 3.73. The van der Waals surface area contributed by atoms with E-state index in [4.69, 9.17) is 4.74 Å². The summed E-state index contributed by atoms with van der Waals surface area (Å²) in [6, 6.07) is 0. The molecule has 1 heterocycles. The van der Waals surface area contributed by atoms with Gasteiger partial charge in [0.25, 0.3) is 0 Å². The molecule has 3 fully saturated rings. The lowest BCUT2D eigenvalue weighted by atomic mass is 9.45. The van der Waals surface area contributed by atoms with Crippen molar-refractivity contribution in [3.8, 4) is 0 Å². The largest absolute Gasteiger partial charge is 0.461 e. The van der Waals surface area contributed by atoms with Gasteiger partial charge in [-0.2, -0.15) is 0 Å². The summed E-state index contributed by atoms with van der Waals surface area (Å²) in [4.78, 5) is 25.0. The molecule has 30 heavy (non-hydrogen) atoms. The van der Waals surface area contributed by atoms with Crippen molar-refractivity contribution >= 4 is 11.8 Å². The number of carbonyl (C=O) groups is 2. The Balaban J connectivity index is 1.55. The van der Waals surface area contributed by atoms with Crippen LogP contribution in [0.4, 0.5) is 0 Å². The van der Waals surface area contributed by atoms with Gasteiger partial charge in [-0.25, -0.2) is 0 Å². The van der Waals surface area contributed by atoms with Crippen molar-refractivity contribution in [1.29, 1.82) is 0 Å². The zero-order valence-corrected chi connectivity index (χ0v) is 18.9. The maximum absolute atomic E-state index is 12.7. The highest BCUT2D eigenvalue weighted by atomic mass is 16.6. The number of hydrogen-bond donors (Lipinski definition) is 2. The van der Waals surface area contributed by atoms with Crippen LogP contribution >= 0.6 is 0 Å². The highest BCUT2D eigenvalue weighted by molar-refractivity contribution is 6.01. The molecule has 8 atom stereocenters. The first-order valence-electron chi connectivity index (χ1n) is 11.4. The van der Waals surface area contributed by atoms with E-state index in [0.29, 0.717) is 12.0 Å². The first-order valence-corrected chi connectivity index (χ1v) is 11.4. The normalized spacial score (nSPS) is 48.4. The molecule has 4 aliphatic rings. The van der Waals surface area contributed by atoms with Crippen LogP contribution in [0.25, 0.3) is 0 Å². The van der Waals surface area contributed by atoms with Gasteiger partial charge in [0.05, 0.1) is 23.0 Å². The lowest BCUT2D eigenvalue weighted by molar-refractivity contribution is -0.181. The fourth-order valence-corrected chi connectivity index (χ4v) is 7.53. The summed E-state index contributed by atoms with van der Waals surface area (Å²) >= 11 is 0. The van der Waals surface area contributed by atoms with Gasteiger partial charge in [-0.3, -0.25) is 9.59 Å². The molecule has 1 saturated heterocycles. The Labute approximate surface area is 179 Å². The van der Waals surface area contributed by atoms with E-state index in [1.165, 1.54) is 0 Å². The molecule has 0 aromatic rings. The van der Waals surface area contributed by atoms with E-state index >= 15 is 0 Å². The quantitative estimate of drug-likeness (QED) is 0.539. The third-order valence-electron chi connectivity index (χ3n) is 8.84. The van der Waals surface area contributed by atoms with Gasteiger partial charge >= 0.3 is 5.97 Å². The predicted molar refractivity (Wildman–Crippen MR) is 113 cm³/mol. The smallest absolute Gasteiger partial charge is 0.312 e. The van der Waals surface area contributed by atoms with Crippen molar-refractivity contribution < 1.29 is 24.5 Å². The molecular weight excluding hydrogens is 380 g/mol. The first-order chi connectivity index (χ1) is 13.9. The van der Waals surface area contributed by atoms with Gasteiger partial charge in [0, 0.05) is 12.3 Å². The topological polar surface area (TPSA) is 83.8 Å². The summed E-state index contributed by atoms with van der Waals surface area (Å²) in [6.07, 6.45) is 7.46.